The van der Waals surface area contributed by atoms with Crippen LogP contribution in [0.1, 0.15) is 39.5 Å². The van der Waals surface area contributed by atoms with Gasteiger partial charge in [0.2, 0.25) is 0 Å². The number of fused-ring (bicyclic) bond motifs is 1. The van der Waals surface area contributed by atoms with Crippen molar-refractivity contribution in [1.82, 2.24) is 5.43 Å². The lowest BCUT2D eigenvalue weighted by Gasteiger charge is -2.35. The molecule has 1 heterocycles. The van der Waals surface area contributed by atoms with Crippen molar-refractivity contribution >= 4 is 22.6 Å². The fraction of sp³-hybridized carbons (Fsp3) is 0.500. The lowest BCUT2D eigenvalue weighted by atomic mass is 9.83. The van der Waals surface area contributed by atoms with Gasteiger partial charge in [-0.2, -0.15) is 0 Å². The third-order valence-corrected chi connectivity index (χ3v) is 3.80. The van der Waals surface area contributed by atoms with Gasteiger partial charge in [0.05, 0.1) is 11.1 Å². The SMILES string of the molecule is CCOC(C(NN)c1cc2cccc(Cl)c2o1)C(C)(C)C. The first-order valence-corrected chi connectivity index (χ1v) is 7.52. The van der Waals surface area contributed by atoms with Gasteiger partial charge in [-0.1, -0.05) is 44.5 Å². The molecule has 0 fully saturated rings. The molecule has 0 aliphatic carbocycles. The number of ether oxygens (including phenoxy) is 1. The maximum Gasteiger partial charge on any atom is 0.152 e. The van der Waals surface area contributed by atoms with Gasteiger partial charge in [0.1, 0.15) is 11.8 Å². The average Bonchev–Trinajstić information content (AvgIpc) is 2.83. The lowest BCUT2D eigenvalue weighted by Crippen LogP contribution is -2.44. The Bertz CT molecular complexity index is 604. The zero-order valence-corrected chi connectivity index (χ0v) is 13.7. The second-order valence-electron chi connectivity index (χ2n) is 6.19. The summed E-state index contributed by atoms with van der Waals surface area (Å²) >= 11 is 6.17. The van der Waals surface area contributed by atoms with Crippen molar-refractivity contribution < 1.29 is 9.15 Å². The average molecular weight is 311 g/mol. The molecule has 0 aliphatic heterocycles. The van der Waals surface area contributed by atoms with Crippen molar-refractivity contribution in [3.63, 3.8) is 0 Å². The molecule has 0 aliphatic rings. The van der Waals surface area contributed by atoms with Crippen molar-refractivity contribution in [3.8, 4) is 0 Å². The number of rotatable bonds is 5. The van der Waals surface area contributed by atoms with Crippen molar-refractivity contribution in [2.24, 2.45) is 11.3 Å². The van der Waals surface area contributed by atoms with Crippen molar-refractivity contribution in [1.29, 1.82) is 0 Å². The minimum atomic E-state index is -0.242. The van der Waals surface area contributed by atoms with Gasteiger partial charge in [-0.15, -0.1) is 0 Å². The largest absolute Gasteiger partial charge is 0.458 e. The molecule has 3 N–H and O–H groups in total. The van der Waals surface area contributed by atoms with Gasteiger partial charge in [-0.25, -0.2) is 5.43 Å². The van der Waals surface area contributed by atoms with Crippen molar-refractivity contribution in [3.05, 3.63) is 35.0 Å². The molecule has 0 spiro atoms. The first-order valence-electron chi connectivity index (χ1n) is 7.14. The van der Waals surface area contributed by atoms with E-state index in [2.05, 4.69) is 26.2 Å². The summed E-state index contributed by atoms with van der Waals surface area (Å²) in [6, 6.07) is 7.40. The van der Waals surface area contributed by atoms with Crippen LogP contribution in [0.15, 0.2) is 28.7 Å². The zero-order chi connectivity index (χ0) is 15.6. The Morgan fingerprint density at radius 2 is 2.10 bits per heavy atom. The van der Waals surface area contributed by atoms with Crippen LogP contribution in [0.5, 0.6) is 0 Å². The van der Waals surface area contributed by atoms with E-state index >= 15 is 0 Å². The van der Waals surface area contributed by atoms with Gasteiger partial charge in [0, 0.05) is 12.0 Å². The lowest BCUT2D eigenvalue weighted by molar-refractivity contribution is -0.0406. The fourth-order valence-electron chi connectivity index (χ4n) is 2.55. The summed E-state index contributed by atoms with van der Waals surface area (Å²) in [5, 5.41) is 1.56. The Balaban J connectivity index is 2.44. The number of furan rings is 1. The number of nitrogens with one attached hydrogen (secondary N) is 1. The molecular formula is C16H23ClN2O2. The molecule has 1 aromatic carbocycles. The molecule has 2 aromatic rings. The number of benzene rings is 1. The molecule has 0 saturated heterocycles. The van der Waals surface area contributed by atoms with E-state index < -0.39 is 0 Å². The third kappa shape index (κ3) is 3.40. The second-order valence-corrected chi connectivity index (χ2v) is 6.60. The maximum absolute atomic E-state index is 6.17. The normalized spacial score (nSPS) is 15.3. The highest BCUT2D eigenvalue weighted by Gasteiger charge is 2.35. The minimum Gasteiger partial charge on any atom is -0.458 e. The summed E-state index contributed by atoms with van der Waals surface area (Å²) in [4.78, 5) is 0. The van der Waals surface area contributed by atoms with E-state index in [1.54, 1.807) is 0 Å². The summed E-state index contributed by atoms with van der Waals surface area (Å²) in [7, 11) is 0. The Morgan fingerprint density at radius 3 is 2.62 bits per heavy atom. The van der Waals surface area contributed by atoms with Gasteiger partial charge < -0.3 is 9.15 Å². The molecule has 0 amide bonds. The number of hydrogen-bond acceptors (Lipinski definition) is 4. The van der Waals surface area contributed by atoms with Crippen LogP contribution >= 0.6 is 11.6 Å². The Hall–Kier alpha value is -1.07. The van der Waals surface area contributed by atoms with Gasteiger partial charge >= 0.3 is 0 Å². The van der Waals surface area contributed by atoms with Gasteiger partial charge in [0.15, 0.2) is 5.58 Å². The number of hydrazine groups is 1. The molecule has 116 valence electrons. The molecule has 0 saturated carbocycles. The van der Waals surface area contributed by atoms with Crippen LogP contribution in [0, 0.1) is 5.41 Å². The molecule has 4 nitrogen and oxygen atoms in total. The molecule has 2 atom stereocenters. The number of hydrogen-bond donors (Lipinski definition) is 2. The fourth-order valence-corrected chi connectivity index (χ4v) is 2.77. The molecule has 0 bridgehead atoms. The van der Waals surface area contributed by atoms with Gasteiger partial charge in [0.25, 0.3) is 0 Å². The highest BCUT2D eigenvalue weighted by atomic mass is 35.5. The van der Waals surface area contributed by atoms with Crippen molar-refractivity contribution in [2.45, 2.75) is 39.8 Å². The first kappa shape index (κ1) is 16.3. The predicted octanol–water partition coefficient (Wildman–Crippen LogP) is 4.04. The Kier molecular flexibility index (Phi) is 4.94. The molecule has 21 heavy (non-hydrogen) atoms. The Labute approximate surface area is 130 Å². The predicted molar refractivity (Wildman–Crippen MR) is 86.2 cm³/mol. The van der Waals surface area contributed by atoms with E-state index in [-0.39, 0.29) is 17.6 Å². The van der Waals surface area contributed by atoms with Crippen LogP contribution in [-0.2, 0) is 4.74 Å². The van der Waals surface area contributed by atoms with Gasteiger partial charge in [-0.3, -0.25) is 5.84 Å². The van der Waals surface area contributed by atoms with Gasteiger partial charge in [-0.05, 0) is 24.5 Å². The summed E-state index contributed by atoms with van der Waals surface area (Å²) in [5.41, 5.74) is 3.42. The van der Waals surface area contributed by atoms with E-state index in [1.165, 1.54) is 0 Å². The highest BCUT2D eigenvalue weighted by molar-refractivity contribution is 6.34. The van der Waals surface area contributed by atoms with E-state index in [9.17, 15) is 0 Å². The number of halogens is 1. The molecule has 0 radical (unpaired) electrons. The van der Waals surface area contributed by atoms with Crippen LogP contribution in [-0.4, -0.2) is 12.7 Å². The van der Waals surface area contributed by atoms with Crippen molar-refractivity contribution in [2.75, 3.05) is 6.61 Å². The summed E-state index contributed by atoms with van der Waals surface area (Å²) in [6.07, 6.45) is -0.119. The topological polar surface area (TPSA) is 60.4 Å². The van der Waals surface area contributed by atoms with Crippen LogP contribution in [0.4, 0.5) is 0 Å². The van der Waals surface area contributed by atoms with Crippen LogP contribution in [0.3, 0.4) is 0 Å². The molecule has 2 unspecified atom stereocenters. The van der Waals surface area contributed by atoms with E-state index in [0.29, 0.717) is 17.2 Å². The quantitative estimate of drug-likeness (QED) is 0.646. The van der Waals surface area contributed by atoms with Crippen LogP contribution in [0.25, 0.3) is 11.0 Å². The highest BCUT2D eigenvalue weighted by Crippen LogP contribution is 2.36. The summed E-state index contributed by atoms with van der Waals surface area (Å²) in [6.45, 7) is 8.94. The van der Waals surface area contributed by atoms with Crippen LogP contribution < -0.4 is 11.3 Å². The molecule has 1 aromatic heterocycles. The monoisotopic (exact) mass is 310 g/mol. The minimum absolute atomic E-state index is 0.0875. The standard InChI is InChI=1S/C16H23ClN2O2/c1-5-20-15(16(2,3)4)13(19-18)12-9-10-7-6-8-11(17)14(10)21-12/h6-9,13,15,19H,5,18H2,1-4H3. The summed E-state index contributed by atoms with van der Waals surface area (Å²) < 4.78 is 11.8. The zero-order valence-electron chi connectivity index (χ0n) is 12.9. The first-order chi connectivity index (χ1) is 9.88. The molecular weight excluding hydrogens is 288 g/mol. The third-order valence-electron chi connectivity index (χ3n) is 3.50. The molecule has 5 heteroatoms. The maximum atomic E-state index is 6.17. The van der Waals surface area contributed by atoms with Crippen LogP contribution in [0.2, 0.25) is 5.02 Å². The number of para-hydroxylation sites is 1. The Morgan fingerprint density at radius 1 is 1.38 bits per heavy atom. The van der Waals surface area contributed by atoms with E-state index in [1.807, 2.05) is 31.2 Å². The number of nitrogens with two attached hydrogens (primary N) is 1. The van der Waals surface area contributed by atoms with E-state index in [0.717, 1.165) is 11.1 Å². The van der Waals surface area contributed by atoms with E-state index in [4.69, 9.17) is 26.6 Å². The molecule has 2 rings (SSSR count). The second kappa shape index (κ2) is 6.36. The smallest absolute Gasteiger partial charge is 0.152 e. The summed E-state index contributed by atoms with van der Waals surface area (Å²) in [5.74, 6) is 6.50.